The maximum Gasteiger partial charge on any atom is 0.305 e. The summed E-state index contributed by atoms with van der Waals surface area (Å²) in [7, 11) is 0. The fraction of sp³-hybridized carbons (Fsp3) is 0.909. The van der Waals surface area contributed by atoms with E-state index in [-0.39, 0.29) is 5.97 Å². The molecule has 0 aromatic carbocycles. The van der Waals surface area contributed by atoms with E-state index >= 15 is 0 Å². The van der Waals surface area contributed by atoms with E-state index < -0.39 is 0 Å². The molecule has 0 saturated carbocycles. The molecule has 0 spiro atoms. The Kier molecular flexibility index (Phi) is 30.5. The van der Waals surface area contributed by atoms with Gasteiger partial charge in [0.25, 0.3) is 0 Å². The Balaban J connectivity index is 3.19. The van der Waals surface area contributed by atoms with Crippen molar-refractivity contribution in [2.45, 2.75) is 187 Å². The normalized spacial score (nSPS) is 11.5. The summed E-state index contributed by atoms with van der Waals surface area (Å²) < 4.78 is 5.41. The van der Waals surface area contributed by atoms with Crippen LogP contribution >= 0.6 is 0 Å². The fourth-order valence-corrected chi connectivity index (χ4v) is 4.72. The van der Waals surface area contributed by atoms with Crippen molar-refractivity contribution in [1.29, 1.82) is 0 Å². The quantitative estimate of drug-likeness (QED) is 0.0589. The van der Waals surface area contributed by atoms with Gasteiger partial charge in [-0.1, -0.05) is 154 Å². The van der Waals surface area contributed by atoms with E-state index in [2.05, 4.69) is 26.0 Å². The second-order valence-electron chi connectivity index (χ2n) is 10.8. The van der Waals surface area contributed by atoms with Crippen LogP contribution in [-0.4, -0.2) is 12.6 Å². The number of carbonyl (C=O) groups is 1. The van der Waals surface area contributed by atoms with Crippen LogP contribution in [0.3, 0.4) is 0 Å². The predicted octanol–water partition coefficient (Wildman–Crippen LogP) is 11.7. The Morgan fingerprint density at radius 2 is 0.800 bits per heavy atom. The SMILES string of the molecule is CCCCCCCC/C=C/CCCCCCCC(=O)OCCCCCCCCCCCCCCC. The highest BCUT2D eigenvalue weighted by molar-refractivity contribution is 5.69. The Morgan fingerprint density at radius 1 is 0.457 bits per heavy atom. The van der Waals surface area contributed by atoms with E-state index in [1.54, 1.807) is 0 Å². The van der Waals surface area contributed by atoms with Crippen LogP contribution < -0.4 is 0 Å². The van der Waals surface area contributed by atoms with Crippen LogP contribution in [0.2, 0.25) is 0 Å². The number of hydrogen-bond donors (Lipinski definition) is 0. The number of ether oxygens (including phenoxy) is 1. The largest absolute Gasteiger partial charge is 0.466 e. The number of hydrogen-bond acceptors (Lipinski definition) is 2. The number of allylic oxidation sites excluding steroid dienone is 2. The molecule has 2 heteroatoms. The summed E-state index contributed by atoms with van der Waals surface area (Å²) in [6.07, 6.45) is 39.7. The van der Waals surface area contributed by atoms with Crippen molar-refractivity contribution in [3.8, 4) is 0 Å². The molecule has 0 saturated heterocycles. The van der Waals surface area contributed by atoms with E-state index in [1.807, 2.05) is 0 Å². The second kappa shape index (κ2) is 31.2. The maximum atomic E-state index is 11.9. The zero-order chi connectivity index (χ0) is 25.5. The molecular formula is C33H64O2. The topological polar surface area (TPSA) is 26.3 Å². The van der Waals surface area contributed by atoms with E-state index in [9.17, 15) is 4.79 Å². The summed E-state index contributed by atoms with van der Waals surface area (Å²) in [5.74, 6) is 0.0153. The summed E-state index contributed by atoms with van der Waals surface area (Å²) in [6.45, 7) is 5.19. The highest BCUT2D eigenvalue weighted by Gasteiger charge is 2.02. The van der Waals surface area contributed by atoms with Gasteiger partial charge in [0, 0.05) is 6.42 Å². The van der Waals surface area contributed by atoms with Crippen molar-refractivity contribution in [2.24, 2.45) is 0 Å². The van der Waals surface area contributed by atoms with E-state index in [0.29, 0.717) is 13.0 Å². The van der Waals surface area contributed by atoms with Crippen LogP contribution in [0, 0.1) is 0 Å². The summed E-state index contributed by atoms with van der Waals surface area (Å²) in [5, 5.41) is 0. The van der Waals surface area contributed by atoms with Crippen LogP contribution in [0.25, 0.3) is 0 Å². The molecule has 35 heavy (non-hydrogen) atoms. The third-order valence-corrected chi connectivity index (χ3v) is 7.15. The number of unbranched alkanes of at least 4 members (excludes halogenated alkanes) is 23. The van der Waals surface area contributed by atoms with Gasteiger partial charge in [0.1, 0.15) is 0 Å². The van der Waals surface area contributed by atoms with Crippen LogP contribution in [0.5, 0.6) is 0 Å². The molecule has 0 amide bonds. The average Bonchev–Trinajstić information content (AvgIpc) is 2.86. The predicted molar refractivity (Wildman–Crippen MR) is 156 cm³/mol. The smallest absolute Gasteiger partial charge is 0.305 e. The van der Waals surface area contributed by atoms with Crippen molar-refractivity contribution < 1.29 is 9.53 Å². The minimum atomic E-state index is 0.0153. The first-order valence-corrected chi connectivity index (χ1v) is 16.1. The molecule has 0 N–H and O–H groups in total. The summed E-state index contributed by atoms with van der Waals surface area (Å²) >= 11 is 0. The van der Waals surface area contributed by atoms with Crippen molar-refractivity contribution >= 4 is 5.97 Å². The Labute approximate surface area is 221 Å². The summed E-state index contributed by atoms with van der Waals surface area (Å²) in [4.78, 5) is 11.9. The molecule has 0 aromatic heterocycles. The first-order chi connectivity index (χ1) is 17.3. The van der Waals surface area contributed by atoms with E-state index in [0.717, 1.165) is 19.3 Å². The highest BCUT2D eigenvalue weighted by atomic mass is 16.5. The molecule has 0 heterocycles. The van der Waals surface area contributed by atoms with Gasteiger partial charge in [0.05, 0.1) is 6.61 Å². The van der Waals surface area contributed by atoms with Crippen molar-refractivity contribution in [1.82, 2.24) is 0 Å². The Hall–Kier alpha value is -0.790. The molecular weight excluding hydrogens is 428 g/mol. The third kappa shape index (κ3) is 31.2. The molecule has 208 valence electrons. The summed E-state index contributed by atoms with van der Waals surface area (Å²) in [5.41, 5.74) is 0. The fourth-order valence-electron chi connectivity index (χ4n) is 4.72. The van der Waals surface area contributed by atoms with Gasteiger partial charge in [-0.25, -0.2) is 0 Å². The Morgan fingerprint density at radius 3 is 1.23 bits per heavy atom. The lowest BCUT2D eigenvalue weighted by Gasteiger charge is -2.05. The first kappa shape index (κ1) is 34.2. The van der Waals surface area contributed by atoms with Crippen LogP contribution in [0.15, 0.2) is 12.2 Å². The van der Waals surface area contributed by atoms with Crippen molar-refractivity contribution in [3.05, 3.63) is 12.2 Å². The van der Waals surface area contributed by atoms with Gasteiger partial charge >= 0.3 is 5.97 Å². The van der Waals surface area contributed by atoms with Gasteiger partial charge < -0.3 is 4.74 Å². The molecule has 0 bridgehead atoms. The van der Waals surface area contributed by atoms with Crippen LogP contribution in [0.1, 0.15) is 187 Å². The standard InChI is InChI=1S/C33H64O2/c1-3-5-7-9-11-13-15-17-18-19-21-23-25-27-29-31-33(34)35-32-30-28-26-24-22-20-16-14-12-10-8-6-4-2/h17-18H,3-16,19-32H2,1-2H3/b18-17+. The minimum Gasteiger partial charge on any atom is -0.466 e. The lowest BCUT2D eigenvalue weighted by atomic mass is 10.0. The molecule has 0 unspecified atom stereocenters. The average molecular weight is 493 g/mol. The molecule has 0 aliphatic carbocycles. The summed E-state index contributed by atoms with van der Waals surface area (Å²) in [6, 6.07) is 0. The van der Waals surface area contributed by atoms with Gasteiger partial charge in [-0.05, 0) is 38.5 Å². The lowest BCUT2D eigenvalue weighted by molar-refractivity contribution is -0.143. The molecule has 2 nitrogen and oxygen atoms in total. The van der Waals surface area contributed by atoms with Gasteiger partial charge in [0.2, 0.25) is 0 Å². The monoisotopic (exact) mass is 492 g/mol. The first-order valence-electron chi connectivity index (χ1n) is 16.1. The van der Waals surface area contributed by atoms with Crippen molar-refractivity contribution in [3.63, 3.8) is 0 Å². The van der Waals surface area contributed by atoms with Crippen LogP contribution in [0.4, 0.5) is 0 Å². The Bertz CT molecular complexity index is 429. The van der Waals surface area contributed by atoms with Gasteiger partial charge in [0.15, 0.2) is 0 Å². The van der Waals surface area contributed by atoms with Gasteiger partial charge in [-0.2, -0.15) is 0 Å². The molecule has 0 aliphatic rings. The molecule has 0 fully saturated rings. The van der Waals surface area contributed by atoms with E-state index in [1.165, 1.54) is 148 Å². The molecule has 0 atom stereocenters. The maximum absolute atomic E-state index is 11.9. The zero-order valence-corrected chi connectivity index (χ0v) is 24.3. The number of carbonyl (C=O) groups excluding carboxylic acids is 1. The molecule has 0 aliphatic heterocycles. The molecule has 0 rings (SSSR count). The second-order valence-corrected chi connectivity index (χ2v) is 10.8. The van der Waals surface area contributed by atoms with Gasteiger partial charge in [-0.15, -0.1) is 0 Å². The highest BCUT2D eigenvalue weighted by Crippen LogP contribution is 2.13. The molecule has 0 aromatic rings. The third-order valence-electron chi connectivity index (χ3n) is 7.15. The van der Waals surface area contributed by atoms with E-state index in [4.69, 9.17) is 4.74 Å². The molecule has 0 radical (unpaired) electrons. The minimum absolute atomic E-state index is 0.0153. The number of rotatable bonds is 29. The lowest BCUT2D eigenvalue weighted by Crippen LogP contribution is -2.05. The van der Waals surface area contributed by atoms with Crippen LogP contribution in [-0.2, 0) is 9.53 Å². The van der Waals surface area contributed by atoms with Crippen molar-refractivity contribution in [2.75, 3.05) is 6.61 Å². The van der Waals surface area contributed by atoms with Gasteiger partial charge in [-0.3, -0.25) is 4.79 Å². The zero-order valence-electron chi connectivity index (χ0n) is 24.3. The number of esters is 1.